The van der Waals surface area contributed by atoms with Gasteiger partial charge in [0.2, 0.25) is 0 Å². The van der Waals surface area contributed by atoms with Crippen LogP contribution in [0.4, 0.5) is 35.2 Å². The minimum atomic E-state index is -4.57. The molecule has 152 valence electrons. The first kappa shape index (κ1) is 19.2. The summed E-state index contributed by atoms with van der Waals surface area (Å²) in [5.41, 5.74) is 7.31. The summed E-state index contributed by atoms with van der Waals surface area (Å²) in [5, 5.41) is 12.5. The number of alkyl halides is 3. The summed E-state index contributed by atoms with van der Waals surface area (Å²) in [5.74, 6) is 0.288. The zero-order chi connectivity index (χ0) is 21.3. The molecule has 2 amide bonds. The third-order valence-electron chi connectivity index (χ3n) is 4.40. The van der Waals surface area contributed by atoms with E-state index < -0.39 is 17.8 Å². The van der Waals surface area contributed by atoms with Crippen LogP contribution >= 0.6 is 0 Å². The highest BCUT2D eigenvalue weighted by molar-refractivity contribution is 6.00. The third kappa shape index (κ3) is 3.75. The molecule has 0 spiro atoms. The maximum absolute atomic E-state index is 13.1. The fourth-order valence-corrected chi connectivity index (χ4v) is 3.06. The van der Waals surface area contributed by atoms with Gasteiger partial charge in [0, 0.05) is 17.4 Å². The van der Waals surface area contributed by atoms with Gasteiger partial charge in [0.15, 0.2) is 5.82 Å². The van der Waals surface area contributed by atoms with Gasteiger partial charge >= 0.3 is 12.2 Å². The second-order valence-electron chi connectivity index (χ2n) is 6.39. The van der Waals surface area contributed by atoms with Gasteiger partial charge in [-0.3, -0.25) is 0 Å². The Kier molecular flexibility index (Phi) is 4.74. The molecule has 0 fully saturated rings. The molecule has 0 aliphatic heterocycles. The number of nitrogens with two attached hydrogens (primary N) is 1. The molecule has 0 saturated carbocycles. The van der Waals surface area contributed by atoms with Crippen LogP contribution in [-0.2, 0) is 6.18 Å². The van der Waals surface area contributed by atoms with Gasteiger partial charge in [-0.2, -0.15) is 13.2 Å². The van der Waals surface area contributed by atoms with Crippen molar-refractivity contribution in [3.8, 4) is 11.1 Å². The van der Waals surface area contributed by atoms with Crippen molar-refractivity contribution in [3.05, 3.63) is 72.4 Å². The number of urea groups is 1. The van der Waals surface area contributed by atoms with Crippen molar-refractivity contribution in [2.45, 2.75) is 6.18 Å². The number of para-hydroxylation sites is 1. The minimum Gasteiger partial charge on any atom is -0.380 e. The Morgan fingerprint density at radius 1 is 0.967 bits per heavy atom. The number of aromatic nitrogens is 3. The second kappa shape index (κ2) is 7.39. The number of carbonyl (C=O) groups excluding carboxylic acids is 1. The van der Waals surface area contributed by atoms with Crippen molar-refractivity contribution in [1.29, 1.82) is 0 Å². The molecule has 0 saturated heterocycles. The van der Waals surface area contributed by atoms with E-state index in [0.29, 0.717) is 11.2 Å². The number of hydrogen-bond donors (Lipinski definition) is 3. The number of amides is 2. The first-order valence-corrected chi connectivity index (χ1v) is 8.77. The lowest BCUT2D eigenvalue weighted by Gasteiger charge is -2.14. The molecule has 7 nitrogen and oxygen atoms in total. The van der Waals surface area contributed by atoms with E-state index in [2.05, 4.69) is 20.9 Å². The van der Waals surface area contributed by atoms with Crippen LogP contribution < -0.4 is 16.4 Å². The molecule has 0 atom stereocenters. The topological polar surface area (TPSA) is 97.3 Å². The molecular weight excluding hydrogens is 397 g/mol. The van der Waals surface area contributed by atoms with Gasteiger partial charge in [-0.15, -0.1) is 5.10 Å². The predicted molar refractivity (Wildman–Crippen MR) is 107 cm³/mol. The Balaban J connectivity index is 1.52. The fourth-order valence-electron chi connectivity index (χ4n) is 3.06. The number of rotatable bonds is 3. The first-order chi connectivity index (χ1) is 14.3. The summed E-state index contributed by atoms with van der Waals surface area (Å²) in [4.78, 5) is 12.2. The van der Waals surface area contributed by atoms with Crippen molar-refractivity contribution in [3.63, 3.8) is 0 Å². The molecule has 4 rings (SSSR count). The molecule has 0 aliphatic carbocycles. The van der Waals surface area contributed by atoms with Gasteiger partial charge < -0.3 is 16.4 Å². The monoisotopic (exact) mass is 412 g/mol. The smallest absolute Gasteiger partial charge is 0.380 e. The highest BCUT2D eigenvalue weighted by Gasteiger charge is 2.33. The quantitative estimate of drug-likeness (QED) is 0.457. The number of halogens is 3. The van der Waals surface area contributed by atoms with Crippen molar-refractivity contribution in [1.82, 2.24) is 14.8 Å². The first-order valence-electron chi connectivity index (χ1n) is 8.77. The Bertz CT molecular complexity index is 1220. The fraction of sp³-hybridized carbons (Fsp3) is 0.0500. The maximum Gasteiger partial charge on any atom is 0.418 e. The molecule has 4 N–H and O–H groups in total. The molecule has 0 radical (unpaired) electrons. The summed E-state index contributed by atoms with van der Waals surface area (Å²) < 4.78 is 40.7. The van der Waals surface area contributed by atoms with E-state index in [-0.39, 0.29) is 11.5 Å². The molecule has 2 aromatic carbocycles. The average molecular weight is 412 g/mol. The highest BCUT2D eigenvalue weighted by atomic mass is 19.4. The van der Waals surface area contributed by atoms with E-state index in [4.69, 9.17) is 5.73 Å². The van der Waals surface area contributed by atoms with Gasteiger partial charge in [-0.05, 0) is 35.9 Å². The van der Waals surface area contributed by atoms with Gasteiger partial charge in [-0.1, -0.05) is 35.5 Å². The van der Waals surface area contributed by atoms with E-state index >= 15 is 0 Å². The SMILES string of the molecule is Nc1nnn2cccc(-c3ccc(NC(=O)Nc4ccccc4C(F)(F)F)cc3)c12. The van der Waals surface area contributed by atoms with Gasteiger partial charge in [0.1, 0.15) is 5.52 Å². The lowest BCUT2D eigenvalue weighted by Crippen LogP contribution is -2.21. The molecule has 0 aliphatic rings. The number of fused-ring (bicyclic) bond motifs is 1. The van der Waals surface area contributed by atoms with Crippen LogP contribution in [0.1, 0.15) is 5.56 Å². The second-order valence-corrected chi connectivity index (χ2v) is 6.39. The third-order valence-corrected chi connectivity index (χ3v) is 4.40. The molecule has 2 heterocycles. The van der Waals surface area contributed by atoms with Crippen LogP contribution in [0.25, 0.3) is 16.6 Å². The maximum atomic E-state index is 13.1. The number of hydrogen-bond acceptors (Lipinski definition) is 4. The van der Waals surface area contributed by atoms with Crippen molar-refractivity contribution in [2.24, 2.45) is 0 Å². The van der Waals surface area contributed by atoms with Gasteiger partial charge in [0.05, 0.1) is 11.3 Å². The van der Waals surface area contributed by atoms with Gasteiger partial charge in [0.25, 0.3) is 0 Å². The average Bonchev–Trinajstić information content (AvgIpc) is 3.09. The Morgan fingerprint density at radius 2 is 1.70 bits per heavy atom. The van der Waals surface area contributed by atoms with Crippen molar-refractivity contribution < 1.29 is 18.0 Å². The predicted octanol–water partition coefficient (Wildman–Crippen LogP) is 4.64. The minimum absolute atomic E-state index is 0.288. The number of pyridine rings is 1. The zero-order valence-electron chi connectivity index (χ0n) is 15.3. The summed E-state index contributed by atoms with van der Waals surface area (Å²) >= 11 is 0. The van der Waals surface area contributed by atoms with Crippen molar-refractivity contribution >= 4 is 28.7 Å². The van der Waals surface area contributed by atoms with E-state index in [1.54, 1.807) is 41.0 Å². The number of anilines is 3. The summed E-state index contributed by atoms with van der Waals surface area (Å²) in [6, 6.07) is 14.4. The van der Waals surface area contributed by atoms with Crippen LogP contribution in [0.5, 0.6) is 0 Å². The molecule has 2 aromatic heterocycles. The lowest BCUT2D eigenvalue weighted by atomic mass is 10.1. The lowest BCUT2D eigenvalue weighted by molar-refractivity contribution is -0.136. The molecule has 10 heteroatoms. The summed E-state index contributed by atoms with van der Waals surface area (Å²) in [7, 11) is 0. The summed E-state index contributed by atoms with van der Waals surface area (Å²) in [6.45, 7) is 0. The van der Waals surface area contributed by atoms with Gasteiger partial charge in [-0.25, -0.2) is 9.31 Å². The molecule has 4 aromatic rings. The zero-order valence-corrected chi connectivity index (χ0v) is 15.3. The standard InChI is InChI=1S/C20H15F3N6O/c21-20(22,23)15-5-1-2-6-16(15)26-19(30)25-13-9-7-12(8-10-13)14-4-3-11-29-17(14)18(24)27-28-29/h1-11H,24H2,(H2,25,26,30). The van der Waals surface area contributed by atoms with Crippen LogP contribution in [0, 0.1) is 0 Å². The van der Waals surface area contributed by atoms with E-state index in [9.17, 15) is 18.0 Å². The van der Waals surface area contributed by atoms with E-state index in [1.807, 2.05) is 6.07 Å². The number of nitrogen functional groups attached to an aromatic ring is 1. The molecule has 0 bridgehead atoms. The van der Waals surface area contributed by atoms with Crippen LogP contribution in [0.15, 0.2) is 66.9 Å². The normalized spacial score (nSPS) is 11.4. The summed E-state index contributed by atoms with van der Waals surface area (Å²) in [6.07, 6.45) is -2.85. The number of nitrogens with one attached hydrogen (secondary N) is 2. The number of benzene rings is 2. The van der Waals surface area contributed by atoms with Crippen LogP contribution in [-0.4, -0.2) is 20.9 Å². The Hall–Kier alpha value is -4.08. The van der Waals surface area contributed by atoms with Crippen molar-refractivity contribution in [2.75, 3.05) is 16.4 Å². The number of nitrogens with zero attached hydrogens (tertiary/aromatic N) is 3. The Labute approximate surface area is 168 Å². The molecular formula is C20H15F3N6O. The van der Waals surface area contributed by atoms with E-state index in [0.717, 1.165) is 17.2 Å². The highest BCUT2D eigenvalue weighted by Crippen LogP contribution is 2.34. The van der Waals surface area contributed by atoms with E-state index in [1.165, 1.54) is 18.2 Å². The van der Waals surface area contributed by atoms with Crippen LogP contribution in [0.2, 0.25) is 0 Å². The molecule has 0 unspecified atom stereocenters. The largest absolute Gasteiger partial charge is 0.418 e. The Morgan fingerprint density at radius 3 is 2.43 bits per heavy atom. The molecule has 30 heavy (non-hydrogen) atoms. The number of carbonyl (C=O) groups is 1. The van der Waals surface area contributed by atoms with Crippen LogP contribution in [0.3, 0.4) is 0 Å².